The van der Waals surface area contributed by atoms with Gasteiger partial charge in [0.25, 0.3) is 0 Å². The summed E-state index contributed by atoms with van der Waals surface area (Å²) < 4.78 is 235. The van der Waals surface area contributed by atoms with Crippen LogP contribution in [0, 0.1) is 0 Å². The van der Waals surface area contributed by atoms with Crippen molar-refractivity contribution in [1.82, 2.24) is 0 Å². The van der Waals surface area contributed by atoms with Gasteiger partial charge in [-0.05, 0) is 218 Å². The maximum atomic E-state index is 9.32. The second-order valence-corrected chi connectivity index (χ2v) is 29.6. The lowest BCUT2D eigenvalue weighted by molar-refractivity contribution is 0.668. The number of benzene rings is 22. The van der Waals surface area contributed by atoms with Crippen LogP contribution in [-0.2, 0) is 0 Å². The summed E-state index contributed by atoms with van der Waals surface area (Å²) in [4.78, 5) is 0. The van der Waals surface area contributed by atoms with Gasteiger partial charge in [-0.2, -0.15) is 0 Å². The molecule has 0 saturated heterocycles. The zero-order chi connectivity index (χ0) is 101. The van der Waals surface area contributed by atoms with E-state index in [0.29, 0.717) is 116 Å². The predicted molar refractivity (Wildman–Crippen MR) is 513 cm³/mol. The van der Waals surface area contributed by atoms with E-state index >= 15 is 0 Å². The molecular weight excluding hydrogens is 1470 g/mol. The van der Waals surface area contributed by atoms with Gasteiger partial charge in [0.05, 0.1) is 32.9 Å². The lowest BCUT2D eigenvalue weighted by atomic mass is 9.84. The first kappa shape index (κ1) is 49.9. The fourth-order valence-electron chi connectivity index (χ4n) is 17.7. The zero-order valence-corrected chi connectivity index (χ0v) is 64.1. The molecule has 564 valence electrons. The van der Waals surface area contributed by atoms with E-state index in [1.165, 1.54) is 0 Å². The van der Waals surface area contributed by atoms with Crippen molar-refractivity contribution in [3.8, 4) is 100 Å². The summed E-state index contributed by atoms with van der Waals surface area (Å²) in [7, 11) is 0. The Balaban J connectivity index is 0.000000121. The molecule has 0 radical (unpaired) electrons. The normalized spacial score (nSPS) is 14.4. The molecule has 121 heavy (non-hydrogen) atoms. The minimum Gasteiger partial charge on any atom is -0.456 e. The number of hydrogen-bond acceptors (Lipinski definition) is 3. The third kappa shape index (κ3) is 12.0. The van der Waals surface area contributed by atoms with Crippen LogP contribution in [0.4, 0.5) is 0 Å². The van der Waals surface area contributed by atoms with E-state index in [9.17, 15) is 16.4 Å². The number of fused-ring (bicyclic) bond motifs is 16. The molecule has 0 bridgehead atoms. The molecule has 0 fully saturated rings. The van der Waals surface area contributed by atoms with Crippen LogP contribution < -0.4 is 0 Å². The molecule has 0 aliphatic heterocycles. The molecule has 0 saturated carbocycles. The fourth-order valence-corrected chi connectivity index (χ4v) is 17.7. The highest BCUT2D eigenvalue weighted by Crippen LogP contribution is 2.52. The van der Waals surface area contributed by atoms with Crippen molar-refractivity contribution in [3.63, 3.8) is 0 Å². The van der Waals surface area contributed by atoms with Crippen LogP contribution in [-0.4, -0.2) is 0 Å². The molecule has 0 spiro atoms. The summed E-state index contributed by atoms with van der Waals surface area (Å²) in [5.41, 5.74) is 14.6. The molecule has 0 unspecified atom stereocenters. The SMILES string of the molecule is [2H]c1c([2H])c([2H])c2c(-c3cccc4oc5ccccc5c34)c3c([2H])c([2H])c([2H])c([2H])c3c(-c3ccc(-c4ccc(-c5ccccc5)cc4)cc3)c2c1[2H].[2H]c1c([2H])c([2H])c2c(-c3cccc4oc5ccccc5c34)c3c([2H])c([2H])c([2H])c([2H])c3c(-c3cccc(-c4ccccc4)c3)c2c1[2H].[2H]c1c([2H])c([2H])c2c(-c3cccc4oc5ccccc5c34)c3c([2H])c([2H])c([2H])c([2H])c3c(-c3cccc4ccccc34)c2c1[2H]. The van der Waals surface area contributed by atoms with Gasteiger partial charge in [-0.15, -0.1) is 0 Å². The first-order valence-electron chi connectivity index (χ1n) is 51.5. The van der Waals surface area contributed by atoms with Crippen molar-refractivity contribution in [2.24, 2.45) is 0 Å². The average Bonchev–Trinajstić information content (AvgIpc) is 1.70. The molecule has 0 atom stereocenters. The quantitative estimate of drug-likeness (QED) is 0.135. The standard InChI is InChI=1S/C44H28O.C38H24O.C36H22O/c1-2-11-29(12-3-1)30-21-23-31(24-22-30)32-25-27-33(28-26-32)42-34-13-4-6-15-36(34)43(37-16-7-5-14-35(37)42)39-18-10-20-41-44(39)38-17-8-9-19-40(38)45-41;1-2-12-25(13-3-1)26-14-10-15-27(24-26)36-28-16-4-6-18-30(28)37(31-19-7-5-17-29(31)36)33-21-11-23-35-38(33)32-20-8-9-22-34(32)39-35;1-2-13-24-23(11-1)12-9-19-25(24)34-26-14-3-5-16-28(26)35(29-17-6-4-15-27(29)34)31-20-10-22-33-36(31)30-18-7-8-21-32(30)37-33/h1-28H;1-24H;1-22H/i4D,5D,6D,7D,13D,14D,15D,16D;4D,5D,6D,7D,16D,17D,18D,19D;3D,4D,5D,6D,14D,15D,16D,17D. The van der Waals surface area contributed by atoms with E-state index in [4.69, 9.17) is 29.7 Å². The molecular formula is C118H74O3. The predicted octanol–water partition coefficient (Wildman–Crippen LogP) is 33.8. The van der Waals surface area contributed by atoms with E-state index in [2.05, 4.69) is 24.3 Å². The lowest BCUT2D eigenvalue weighted by Gasteiger charge is -2.19. The Morgan fingerprint density at radius 1 is 0.149 bits per heavy atom. The largest absolute Gasteiger partial charge is 0.456 e. The second-order valence-electron chi connectivity index (χ2n) is 29.6. The molecule has 3 heteroatoms. The van der Waals surface area contributed by atoms with E-state index in [-0.39, 0.29) is 137 Å². The topological polar surface area (TPSA) is 39.4 Å². The molecule has 0 aliphatic carbocycles. The molecule has 0 aliphatic rings. The summed E-state index contributed by atoms with van der Waals surface area (Å²) in [5.74, 6) is 0. The van der Waals surface area contributed by atoms with Crippen molar-refractivity contribution >= 4 is 141 Å². The molecule has 3 aromatic heterocycles. The van der Waals surface area contributed by atoms with Crippen molar-refractivity contribution in [2.75, 3.05) is 0 Å². The van der Waals surface area contributed by atoms with Gasteiger partial charge in [0.15, 0.2) is 0 Å². The van der Waals surface area contributed by atoms with E-state index < -0.39 is 72.5 Å². The number of para-hydroxylation sites is 3. The van der Waals surface area contributed by atoms with E-state index in [1.807, 2.05) is 261 Å². The van der Waals surface area contributed by atoms with Gasteiger partial charge in [-0.25, -0.2) is 0 Å². The maximum absolute atomic E-state index is 9.32. The molecule has 3 heterocycles. The van der Waals surface area contributed by atoms with E-state index in [1.54, 1.807) is 18.2 Å². The molecule has 0 amide bonds. The van der Waals surface area contributed by atoms with Crippen LogP contribution in [0.15, 0.2) is 462 Å². The summed E-state index contributed by atoms with van der Waals surface area (Å²) in [6, 6.07) is 86.4. The van der Waals surface area contributed by atoms with Gasteiger partial charge >= 0.3 is 0 Å². The minimum atomic E-state index is -0.437. The van der Waals surface area contributed by atoms with Crippen LogP contribution in [0.5, 0.6) is 0 Å². The third-order valence-electron chi connectivity index (χ3n) is 23.0. The Hall–Kier alpha value is -15.9. The third-order valence-corrected chi connectivity index (χ3v) is 23.0. The lowest BCUT2D eigenvalue weighted by Crippen LogP contribution is -1.92. The van der Waals surface area contributed by atoms with Crippen molar-refractivity contribution in [3.05, 3.63) is 448 Å². The maximum Gasteiger partial charge on any atom is 0.136 e. The van der Waals surface area contributed by atoms with Crippen LogP contribution in [0.1, 0.15) is 32.9 Å². The fraction of sp³-hybridized carbons (Fsp3) is 0. The number of hydrogen-bond donors (Lipinski definition) is 0. The van der Waals surface area contributed by atoms with Gasteiger partial charge in [0.2, 0.25) is 0 Å². The minimum absolute atomic E-state index is 0.168. The zero-order valence-electron chi connectivity index (χ0n) is 88.1. The summed E-state index contributed by atoms with van der Waals surface area (Å²) in [6.45, 7) is 0. The first-order chi connectivity index (χ1) is 70.0. The van der Waals surface area contributed by atoms with Crippen LogP contribution in [0.25, 0.3) is 241 Å². The van der Waals surface area contributed by atoms with Gasteiger partial charge in [-0.3, -0.25) is 0 Å². The monoisotopic (exact) mass is 1560 g/mol. The first-order valence-corrected chi connectivity index (χ1v) is 39.5. The highest BCUT2D eigenvalue weighted by molar-refractivity contribution is 6.30. The number of rotatable bonds is 9. The van der Waals surface area contributed by atoms with Gasteiger partial charge in [0.1, 0.15) is 33.5 Å². The molecule has 22 aromatic carbocycles. The summed E-state index contributed by atoms with van der Waals surface area (Å²) >= 11 is 0. The Morgan fingerprint density at radius 3 is 0.752 bits per heavy atom. The molecule has 3 nitrogen and oxygen atoms in total. The van der Waals surface area contributed by atoms with Crippen LogP contribution in [0.3, 0.4) is 0 Å². The van der Waals surface area contributed by atoms with Gasteiger partial charge in [-0.1, -0.05) is 406 Å². The van der Waals surface area contributed by atoms with Gasteiger partial charge in [0, 0.05) is 32.3 Å². The molecule has 0 N–H and O–H groups in total. The summed E-state index contributed by atoms with van der Waals surface area (Å²) in [6.07, 6.45) is 0. The number of furan rings is 3. The second kappa shape index (κ2) is 29.7. The van der Waals surface area contributed by atoms with Crippen molar-refractivity contribution < 1.29 is 46.1 Å². The smallest absolute Gasteiger partial charge is 0.136 e. The van der Waals surface area contributed by atoms with Gasteiger partial charge < -0.3 is 13.3 Å². The van der Waals surface area contributed by atoms with E-state index in [0.717, 1.165) is 60.3 Å². The Bertz CT molecular complexity index is 9690. The van der Waals surface area contributed by atoms with Crippen molar-refractivity contribution in [1.29, 1.82) is 0 Å². The van der Waals surface area contributed by atoms with Crippen LogP contribution in [0.2, 0.25) is 0 Å². The highest BCUT2D eigenvalue weighted by Gasteiger charge is 2.26. The highest BCUT2D eigenvalue weighted by atomic mass is 16.3. The Kier molecular flexibility index (Phi) is 12.2. The molecule has 25 rings (SSSR count). The Labute approximate surface area is 732 Å². The van der Waals surface area contributed by atoms with Crippen LogP contribution >= 0.6 is 0 Å². The van der Waals surface area contributed by atoms with Crippen molar-refractivity contribution in [2.45, 2.75) is 0 Å². The average molecular weight is 1560 g/mol. The summed E-state index contributed by atoms with van der Waals surface area (Å²) in [5, 5.41) is 8.19. The Morgan fingerprint density at radius 2 is 0.380 bits per heavy atom. The molecule has 25 aromatic rings.